The number of aromatic nitrogens is 3. The van der Waals surface area contributed by atoms with Crippen LogP contribution in [0.2, 0.25) is 10.0 Å². The molecule has 3 aromatic rings. The molecule has 1 aliphatic carbocycles. The zero-order valence-corrected chi connectivity index (χ0v) is 27.3. The van der Waals surface area contributed by atoms with Gasteiger partial charge in [0.05, 0.1) is 31.3 Å². The van der Waals surface area contributed by atoms with Crippen LogP contribution >= 0.6 is 23.2 Å². The summed E-state index contributed by atoms with van der Waals surface area (Å²) in [6, 6.07) is 9.27. The van der Waals surface area contributed by atoms with Crippen LogP contribution in [0.25, 0.3) is 11.3 Å². The van der Waals surface area contributed by atoms with E-state index in [2.05, 4.69) is 19.8 Å². The molecule has 1 saturated carbocycles. The summed E-state index contributed by atoms with van der Waals surface area (Å²) in [5.41, 5.74) is 2.47. The van der Waals surface area contributed by atoms with Gasteiger partial charge < -0.3 is 24.4 Å². The average Bonchev–Trinajstić information content (AvgIpc) is 3.04. The Labute approximate surface area is 278 Å². The number of ether oxygens (including phenoxy) is 2. The van der Waals surface area contributed by atoms with E-state index in [1.807, 2.05) is 29.2 Å². The van der Waals surface area contributed by atoms with Crippen LogP contribution in [-0.2, 0) is 20.9 Å². The van der Waals surface area contributed by atoms with Gasteiger partial charge in [-0.25, -0.2) is 15.0 Å². The summed E-state index contributed by atoms with van der Waals surface area (Å²) in [4.78, 5) is 44.5. The molecular weight excluding hydrogens is 631 g/mol. The van der Waals surface area contributed by atoms with Crippen molar-refractivity contribution >= 4 is 41.0 Å². The van der Waals surface area contributed by atoms with Gasteiger partial charge in [-0.15, -0.1) is 0 Å². The Morgan fingerprint density at radius 3 is 2.24 bits per heavy atom. The zero-order valence-electron chi connectivity index (χ0n) is 25.8. The Morgan fingerprint density at radius 1 is 0.935 bits per heavy atom. The Balaban J connectivity index is 1.12. The van der Waals surface area contributed by atoms with Crippen molar-refractivity contribution < 1.29 is 24.2 Å². The smallest absolute Gasteiger partial charge is 0.305 e. The number of aliphatic hydroxyl groups is 1. The normalized spacial score (nSPS) is 20.7. The zero-order chi connectivity index (χ0) is 32.2. The number of hydrogen-bond acceptors (Lipinski definition) is 10. The van der Waals surface area contributed by atoms with Gasteiger partial charge in [0.2, 0.25) is 17.7 Å². The number of methoxy groups -OCH3 is 1. The molecule has 46 heavy (non-hydrogen) atoms. The molecule has 11 nitrogen and oxygen atoms in total. The fraction of sp³-hybridized carbons (Fsp3) is 0.485. The van der Waals surface area contributed by atoms with E-state index in [4.69, 9.17) is 37.7 Å². The van der Waals surface area contributed by atoms with Crippen LogP contribution in [0, 0.1) is 11.8 Å². The van der Waals surface area contributed by atoms with Crippen LogP contribution in [0.3, 0.4) is 0 Å². The maximum absolute atomic E-state index is 12.6. The average molecular weight is 670 g/mol. The second-order valence-electron chi connectivity index (χ2n) is 12.3. The molecule has 2 aliphatic heterocycles. The minimum atomic E-state index is -0.341. The van der Waals surface area contributed by atoms with Crippen molar-refractivity contribution in [2.24, 2.45) is 11.8 Å². The van der Waals surface area contributed by atoms with Gasteiger partial charge in [-0.2, -0.15) is 0 Å². The summed E-state index contributed by atoms with van der Waals surface area (Å²) in [6.45, 7) is 4.91. The maximum Gasteiger partial charge on any atom is 0.305 e. The molecule has 0 spiro atoms. The van der Waals surface area contributed by atoms with Gasteiger partial charge in [0.1, 0.15) is 0 Å². The number of nitrogens with zero attached hydrogens (tertiary/aromatic N) is 6. The molecule has 1 aromatic carbocycles. The van der Waals surface area contributed by atoms with E-state index >= 15 is 0 Å². The fourth-order valence-electron chi connectivity index (χ4n) is 6.30. The highest BCUT2D eigenvalue weighted by Crippen LogP contribution is 2.32. The second kappa shape index (κ2) is 14.5. The number of rotatable bonds is 9. The number of halogens is 2. The molecule has 2 saturated heterocycles. The van der Waals surface area contributed by atoms with Crippen LogP contribution < -0.4 is 9.64 Å². The Morgan fingerprint density at radius 2 is 1.61 bits per heavy atom. The fourth-order valence-corrected chi connectivity index (χ4v) is 6.82. The number of piperazine rings is 1. The Kier molecular flexibility index (Phi) is 10.2. The molecule has 244 valence electrons. The third-order valence-corrected chi connectivity index (χ3v) is 9.43. The van der Waals surface area contributed by atoms with Crippen molar-refractivity contribution in [3.63, 3.8) is 0 Å². The highest BCUT2D eigenvalue weighted by Gasteiger charge is 2.36. The Bertz CT molecular complexity index is 1520. The van der Waals surface area contributed by atoms with Gasteiger partial charge >= 0.3 is 5.97 Å². The minimum absolute atomic E-state index is 0.0528. The standard InChI is InChI=1S/C33H38Cl2N6O5/c1-45-31(43)12-21-2-4-39(5-3-21)20-22-10-29(23-13-25(34)17-26(35)14-23)38-30(11-22)46-28-18-36-33(37-19-28)41-8-6-40(7-9-41)32(44)24-15-27(42)16-24/h10-11,13-14,17-19,21,24,27,42H,2-9,12,15-16,20H2,1H3. The first-order valence-corrected chi connectivity index (χ1v) is 16.5. The molecule has 13 heteroatoms. The number of carbonyl (C=O) groups excluding carboxylic acids is 2. The van der Waals surface area contributed by atoms with Crippen molar-refractivity contribution in [1.29, 1.82) is 0 Å². The third-order valence-electron chi connectivity index (χ3n) is 8.99. The summed E-state index contributed by atoms with van der Waals surface area (Å²) in [6.07, 6.45) is 6.37. The predicted octanol–water partition coefficient (Wildman–Crippen LogP) is 4.83. The molecule has 1 N–H and O–H groups in total. The number of benzene rings is 1. The van der Waals surface area contributed by atoms with Gasteiger partial charge in [-0.05, 0) is 74.5 Å². The predicted molar refractivity (Wildman–Crippen MR) is 174 cm³/mol. The number of likely N-dealkylation sites (tertiary alicyclic amines) is 1. The number of pyridine rings is 1. The summed E-state index contributed by atoms with van der Waals surface area (Å²) < 4.78 is 11.0. The third kappa shape index (κ3) is 8.06. The molecule has 0 bridgehead atoms. The van der Waals surface area contributed by atoms with Gasteiger partial charge in [0.15, 0.2) is 5.75 Å². The summed E-state index contributed by atoms with van der Waals surface area (Å²) in [5, 5.41) is 10.6. The topological polar surface area (TPSA) is 121 Å². The largest absolute Gasteiger partial charge is 0.469 e. The number of aliphatic hydroxyl groups excluding tert-OH is 1. The van der Waals surface area contributed by atoms with E-state index in [0.717, 1.165) is 37.1 Å². The summed E-state index contributed by atoms with van der Waals surface area (Å²) >= 11 is 12.6. The molecule has 1 amide bonds. The minimum Gasteiger partial charge on any atom is -0.469 e. The number of carbonyl (C=O) groups is 2. The van der Waals surface area contributed by atoms with Gasteiger partial charge in [0.25, 0.3) is 0 Å². The van der Waals surface area contributed by atoms with Crippen LogP contribution in [-0.4, -0.2) is 94.2 Å². The summed E-state index contributed by atoms with van der Waals surface area (Å²) in [7, 11) is 1.43. The van der Waals surface area contributed by atoms with E-state index < -0.39 is 0 Å². The Hall–Kier alpha value is -3.51. The van der Waals surface area contributed by atoms with Crippen molar-refractivity contribution in [1.82, 2.24) is 24.8 Å². The molecule has 6 rings (SSSR count). The highest BCUT2D eigenvalue weighted by atomic mass is 35.5. The molecule has 0 unspecified atom stereocenters. The van der Waals surface area contributed by atoms with E-state index in [1.165, 1.54) is 7.11 Å². The number of piperidine rings is 1. The lowest BCUT2D eigenvalue weighted by atomic mass is 9.81. The SMILES string of the molecule is COC(=O)CC1CCN(Cc2cc(Oc3cnc(N4CCN(C(=O)C5CC(O)C5)CC4)nc3)nc(-c3cc(Cl)cc(Cl)c3)c2)CC1. The molecule has 2 aromatic heterocycles. The van der Waals surface area contributed by atoms with Gasteiger partial charge in [-0.1, -0.05) is 23.2 Å². The van der Waals surface area contributed by atoms with E-state index in [0.29, 0.717) is 91.2 Å². The van der Waals surface area contributed by atoms with E-state index in [1.54, 1.807) is 18.5 Å². The lowest BCUT2D eigenvalue weighted by Gasteiger charge is -2.39. The van der Waals surface area contributed by atoms with Gasteiger partial charge in [0, 0.05) is 66.7 Å². The molecular formula is C33H38Cl2N6O5. The lowest BCUT2D eigenvalue weighted by Crippen LogP contribution is -2.52. The van der Waals surface area contributed by atoms with Crippen molar-refractivity contribution in [3.8, 4) is 22.9 Å². The maximum atomic E-state index is 12.6. The van der Waals surface area contributed by atoms with Crippen LogP contribution in [0.5, 0.6) is 11.6 Å². The number of hydrogen-bond donors (Lipinski definition) is 1. The van der Waals surface area contributed by atoms with Crippen LogP contribution in [0.4, 0.5) is 5.95 Å². The molecule has 3 aliphatic rings. The molecule has 0 radical (unpaired) electrons. The van der Waals surface area contributed by atoms with Gasteiger partial charge in [-0.3, -0.25) is 14.5 Å². The van der Waals surface area contributed by atoms with Crippen molar-refractivity contribution in [3.05, 3.63) is 58.3 Å². The first kappa shape index (κ1) is 32.4. The second-order valence-corrected chi connectivity index (χ2v) is 13.2. The number of anilines is 1. The lowest BCUT2D eigenvalue weighted by molar-refractivity contribution is -0.143. The highest BCUT2D eigenvalue weighted by molar-refractivity contribution is 6.35. The molecule has 4 heterocycles. The van der Waals surface area contributed by atoms with Crippen molar-refractivity contribution in [2.45, 2.75) is 44.8 Å². The molecule has 0 atom stereocenters. The molecule has 3 fully saturated rings. The van der Waals surface area contributed by atoms with Crippen molar-refractivity contribution in [2.75, 3.05) is 51.3 Å². The van der Waals surface area contributed by atoms with E-state index in [9.17, 15) is 14.7 Å². The van der Waals surface area contributed by atoms with Crippen LogP contribution in [0.15, 0.2) is 42.7 Å². The summed E-state index contributed by atoms with van der Waals surface area (Å²) in [5.74, 6) is 1.68. The first-order chi connectivity index (χ1) is 22.2. The number of esters is 1. The van der Waals surface area contributed by atoms with E-state index in [-0.39, 0.29) is 23.9 Å². The monoisotopic (exact) mass is 668 g/mol. The first-order valence-electron chi connectivity index (χ1n) is 15.7. The quantitative estimate of drug-likeness (QED) is 0.317. The number of amides is 1. The van der Waals surface area contributed by atoms with Crippen LogP contribution in [0.1, 0.15) is 37.7 Å².